The number of nitrogens with one attached hydrogen (secondary N) is 1. The van der Waals surface area contributed by atoms with Gasteiger partial charge in [-0.1, -0.05) is 30.3 Å². The van der Waals surface area contributed by atoms with Gasteiger partial charge < -0.3 is 10.2 Å². The fraction of sp³-hybridized carbons (Fsp3) is 0.647. The molecule has 2 heterocycles. The summed E-state index contributed by atoms with van der Waals surface area (Å²) in [6.45, 7) is 6.39. The molecule has 0 aliphatic carbocycles. The first kappa shape index (κ1) is 13.1. The predicted molar refractivity (Wildman–Crippen MR) is 80.3 cm³/mol. The number of benzene rings is 1. The molecule has 2 aliphatic rings. The Bertz CT molecular complexity index is 370. The van der Waals surface area contributed by atoms with E-state index in [0.29, 0.717) is 0 Å². The molecule has 0 amide bonds. The van der Waals surface area contributed by atoms with Crippen LogP contribution in [-0.2, 0) is 6.42 Å². The number of nitrogens with zero attached hydrogens (tertiary/aromatic N) is 1. The third-order valence-corrected chi connectivity index (χ3v) is 4.92. The van der Waals surface area contributed by atoms with Crippen LogP contribution in [0.5, 0.6) is 0 Å². The molecule has 0 unspecified atom stereocenters. The van der Waals surface area contributed by atoms with Crippen molar-refractivity contribution in [3.8, 4) is 0 Å². The third-order valence-electron chi connectivity index (χ3n) is 4.92. The summed E-state index contributed by atoms with van der Waals surface area (Å²) in [6, 6.07) is 10.9. The summed E-state index contributed by atoms with van der Waals surface area (Å²) >= 11 is 0. The quantitative estimate of drug-likeness (QED) is 0.893. The van der Waals surface area contributed by atoms with Gasteiger partial charge in [-0.25, -0.2) is 0 Å². The molecule has 0 spiro atoms. The van der Waals surface area contributed by atoms with Crippen LogP contribution in [0.1, 0.15) is 24.8 Å². The Balaban J connectivity index is 1.44. The van der Waals surface area contributed by atoms with Gasteiger partial charge in [0, 0.05) is 13.1 Å². The maximum absolute atomic E-state index is 3.48. The highest BCUT2D eigenvalue weighted by Crippen LogP contribution is 2.30. The number of hydrogen-bond donors (Lipinski definition) is 1. The van der Waals surface area contributed by atoms with Crippen molar-refractivity contribution in [3.05, 3.63) is 35.9 Å². The predicted octanol–water partition coefficient (Wildman–Crippen LogP) is 2.55. The van der Waals surface area contributed by atoms with Crippen LogP contribution in [0.2, 0.25) is 0 Å². The molecule has 2 nitrogen and oxygen atoms in total. The van der Waals surface area contributed by atoms with Gasteiger partial charge in [0.05, 0.1) is 0 Å². The first-order valence-corrected chi connectivity index (χ1v) is 7.89. The Morgan fingerprint density at radius 3 is 2.58 bits per heavy atom. The largest absolute Gasteiger partial charge is 0.317 e. The molecule has 1 N–H and O–H groups in total. The van der Waals surface area contributed by atoms with Gasteiger partial charge >= 0.3 is 0 Å². The molecule has 1 atom stereocenters. The van der Waals surface area contributed by atoms with E-state index in [4.69, 9.17) is 0 Å². The Hall–Kier alpha value is -0.860. The van der Waals surface area contributed by atoms with Crippen molar-refractivity contribution in [2.24, 2.45) is 11.8 Å². The number of hydrogen-bond acceptors (Lipinski definition) is 2. The number of piperidine rings is 1. The SMILES string of the molecule is c1ccc(CCN2CC[C@H](C3CCNCC3)C2)cc1. The summed E-state index contributed by atoms with van der Waals surface area (Å²) in [7, 11) is 0. The summed E-state index contributed by atoms with van der Waals surface area (Å²) in [5.74, 6) is 1.96. The van der Waals surface area contributed by atoms with Crippen LogP contribution < -0.4 is 5.32 Å². The van der Waals surface area contributed by atoms with Crippen molar-refractivity contribution in [1.29, 1.82) is 0 Å². The molecule has 19 heavy (non-hydrogen) atoms. The number of likely N-dealkylation sites (tertiary alicyclic amines) is 1. The third kappa shape index (κ3) is 3.58. The Morgan fingerprint density at radius 1 is 1.00 bits per heavy atom. The zero-order valence-corrected chi connectivity index (χ0v) is 11.9. The molecule has 0 aromatic heterocycles. The fourth-order valence-corrected chi connectivity index (χ4v) is 3.70. The van der Waals surface area contributed by atoms with Gasteiger partial charge in [-0.15, -0.1) is 0 Å². The summed E-state index contributed by atoms with van der Waals surface area (Å²) in [5.41, 5.74) is 1.48. The normalized spacial score (nSPS) is 25.8. The summed E-state index contributed by atoms with van der Waals surface area (Å²) in [6.07, 6.45) is 5.44. The Kier molecular flexibility index (Phi) is 4.52. The molecule has 0 saturated carbocycles. The fourth-order valence-electron chi connectivity index (χ4n) is 3.70. The topological polar surface area (TPSA) is 15.3 Å². The molecule has 104 valence electrons. The van der Waals surface area contributed by atoms with E-state index in [1.54, 1.807) is 0 Å². The molecule has 0 bridgehead atoms. The van der Waals surface area contributed by atoms with E-state index in [2.05, 4.69) is 40.5 Å². The van der Waals surface area contributed by atoms with Crippen LogP contribution >= 0.6 is 0 Å². The van der Waals surface area contributed by atoms with Crippen molar-refractivity contribution in [2.45, 2.75) is 25.7 Å². The minimum absolute atomic E-state index is 0.970. The molecule has 2 heteroatoms. The Labute approximate surface area is 117 Å². The first-order valence-electron chi connectivity index (χ1n) is 7.89. The maximum atomic E-state index is 3.48. The van der Waals surface area contributed by atoms with E-state index in [0.717, 1.165) is 11.8 Å². The molecule has 3 rings (SSSR count). The summed E-state index contributed by atoms with van der Waals surface area (Å²) in [5, 5.41) is 3.48. The second-order valence-electron chi connectivity index (χ2n) is 6.17. The van der Waals surface area contributed by atoms with Gasteiger partial charge in [-0.3, -0.25) is 0 Å². The Morgan fingerprint density at radius 2 is 1.79 bits per heavy atom. The van der Waals surface area contributed by atoms with Gasteiger partial charge in [0.2, 0.25) is 0 Å². The van der Waals surface area contributed by atoms with Crippen LogP contribution in [0, 0.1) is 11.8 Å². The molecular weight excluding hydrogens is 232 g/mol. The highest BCUT2D eigenvalue weighted by atomic mass is 15.1. The van der Waals surface area contributed by atoms with Crippen molar-refractivity contribution >= 4 is 0 Å². The molecule has 2 fully saturated rings. The average Bonchev–Trinajstić information content (AvgIpc) is 2.96. The lowest BCUT2D eigenvalue weighted by molar-refractivity contribution is 0.246. The van der Waals surface area contributed by atoms with Gasteiger partial charge in [-0.2, -0.15) is 0 Å². The molecule has 1 aromatic rings. The lowest BCUT2D eigenvalue weighted by Gasteiger charge is -2.28. The van der Waals surface area contributed by atoms with E-state index in [-0.39, 0.29) is 0 Å². The molecule has 0 radical (unpaired) electrons. The maximum Gasteiger partial charge on any atom is 0.00219 e. The van der Waals surface area contributed by atoms with Crippen LogP contribution in [0.25, 0.3) is 0 Å². The van der Waals surface area contributed by atoms with E-state index >= 15 is 0 Å². The second kappa shape index (κ2) is 6.53. The van der Waals surface area contributed by atoms with E-state index in [9.17, 15) is 0 Å². The van der Waals surface area contributed by atoms with Crippen LogP contribution in [0.4, 0.5) is 0 Å². The minimum atomic E-state index is 0.970. The zero-order chi connectivity index (χ0) is 12.9. The molecule has 2 aliphatic heterocycles. The molecule has 1 aromatic carbocycles. The van der Waals surface area contributed by atoms with Crippen LogP contribution in [-0.4, -0.2) is 37.6 Å². The van der Waals surface area contributed by atoms with Crippen molar-refractivity contribution in [2.75, 3.05) is 32.7 Å². The van der Waals surface area contributed by atoms with Gasteiger partial charge in [-0.05, 0) is 62.7 Å². The highest BCUT2D eigenvalue weighted by molar-refractivity contribution is 5.14. The first-order chi connectivity index (χ1) is 9.42. The average molecular weight is 258 g/mol. The number of rotatable bonds is 4. The van der Waals surface area contributed by atoms with Crippen molar-refractivity contribution in [3.63, 3.8) is 0 Å². The molecular formula is C17H26N2. The van der Waals surface area contributed by atoms with Gasteiger partial charge in [0.1, 0.15) is 0 Å². The van der Waals surface area contributed by atoms with E-state index < -0.39 is 0 Å². The van der Waals surface area contributed by atoms with Gasteiger partial charge in [0.15, 0.2) is 0 Å². The summed E-state index contributed by atoms with van der Waals surface area (Å²) < 4.78 is 0. The minimum Gasteiger partial charge on any atom is -0.317 e. The highest BCUT2D eigenvalue weighted by Gasteiger charge is 2.29. The van der Waals surface area contributed by atoms with E-state index in [1.807, 2.05) is 0 Å². The summed E-state index contributed by atoms with van der Waals surface area (Å²) in [4.78, 5) is 2.68. The van der Waals surface area contributed by atoms with E-state index in [1.165, 1.54) is 64.0 Å². The monoisotopic (exact) mass is 258 g/mol. The van der Waals surface area contributed by atoms with Crippen LogP contribution in [0.15, 0.2) is 30.3 Å². The lowest BCUT2D eigenvalue weighted by atomic mass is 9.84. The smallest absolute Gasteiger partial charge is 0.00219 e. The zero-order valence-electron chi connectivity index (χ0n) is 11.9. The molecule has 2 saturated heterocycles. The lowest BCUT2D eigenvalue weighted by Crippen LogP contribution is -2.33. The standard InChI is InChI=1S/C17H26N2/c1-2-4-15(5-3-1)8-12-19-13-9-17(14-19)16-6-10-18-11-7-16/h1-5,16-18H,6-14H2/t17-/m0/s1. The van der Waals surface area contributed by atoms with Crippen molar-refractivity contribution < 1.29 is 0 Å². The van der Waals surface area contributed by atoms with Crippen LogP contribution in [0.3, 0.4) is 0 Å². The van der Waals surface area contributed by atoms with Gasteiger partial charge in [0.25, 0.3) is 0 Å². The second-order valence-corrected chi connectivity index (χ2v) is 6.17. The van der Waals surface area contributed by atoms with Crippen molar-refractivity contribution in [1.82, 2.24) is 10.2 Å².